The lowest BCUT2D eigenvalue weighted by molar-refractivity contribution is -0.0721. The van der Waals surface area contributed by atoms with Gasteiger partial charge in [0.15, 0.2) is 0 Å². The van der Waals surface area contributed by atoms with Gasteiger partial charge in [0.25, 0.3) is 0 Å². The summed E-state index contributed by atoms with van der Waals surface area (Å²) >= 11 is 0. The summed E-state index contributed by atoms with van der Waals surface area (Å²) in [4.78, 5) is 0. The second-order valence-electron chi connectivity index (χ2n) is 9.46. The van der Waals surface area contributed by atoms with Gasteiger partial charge in [-0.05, 0) is 92.8 Å². The van der Waals surface area contributed by atoms with E-state index in [1.165, 1.54) is 37.7 Å². The number of aliphatic hydroxyl groups excluding tert-OH is 2. The zero-order valence-corrected chi connectivity index (χ0v) is 15.4. The highest BCUT2D eigenvalue weighted by atomic mass is 16.3. The Morgan fingerprint density at radius 3 is 2.30 bits per heavy atom. The average molecular weight is 321 g/mol. The van der Waals surface area contributed by atoms with Gasteiger partial charge in [-0.1, -0.05) is 26.0 Å². The van der Waals surface area contributed by atoms with Crippen molar-refractivity contribution in [3.8, 4) is 0 Å². The quantitative estimate of drug-likeness (QED) is 0.749. The predicted octanol–water partition coefficient (Wildman–Crippen LogP) is 4.55. The smallest absolute Gasteiger partial charge is 0.0544 e. The first-order chi connectivity index (χ1) is 10.8. The normalized spacial score (nSPS) is 50.6. The molecule has 132 valence electrons. The van der Waals surface area contributed by atoms with Gasteiger partial charge in [-0.3, -0.25) is 0 Å². The molecule has 3 aliphatic carbocycles. The lowest BCUT2D eigenvalue weighted by Crippen LogP contribution is -2.47. The molecule has 23 heavy (non-hydrogen) atoms. The van der Waals surface area contributed by atoms with Crippen molar-refractivity contribution >= 4 is 0 Å². The standard InChI is InChI=1S/C21H36O2/c1-14(2)19-6-5-15-11-16(7-9-21(15,19)4)20(3)10-8-18(23)12-17(20)13-22/h15-19,22-23H,1,5-13H2,2-4H3/t15?,16?,17-,18+,19-,20-,21+/m1/s1. The van der Waals surface area contributed by atoms with Crippen LogP contribution in [0.2, 0.25) is 0 Å². The second kappa shape index (κ2) is 6.19. The van der Waals surface area contributed by atoms with Gasteiger partial charge < -0.3 is 10.2 Å². The molecule has 0 amide bonds. The number of fused-ring (bicyclic) bond motifs is 1. The molecule has 2 unspecified atom stereocenters. The topological polar surface area (TPSA) is 40.5 Å². The summed E-state index contributed by atoms with van der Waals surface area (Å²) in [5.74, 6) is 2.53. The minimum absolute atomic E-state index is 0.201. The fourth-order valence-electron chi connectivity index (χ4n) is 6.65. The van der Waals surface area contributed by atoms with Crippen LogP contribution in [0.25, 0.3) is 0 Å². The van der Waals surface area contributed by atoms with Crippen LogP contribution in [0, 0.1) is 34.5 Å². The van der Waals surface area contributed by atoms with Gasteiger partial charge in [-0.25, -0.2) is 0 Å². The molecule has 0 radical (unpaired) electrons. The monoisotopic (exact) mass is 320 g/mol. The molecule has 3 saturated carbocycles. The largest absolute Gasteiger partial charge is 0.396 e. The fourth-order valence-corrected chi connectivity index (χ4v) is 6.65. The van der Waals surface area contributed by atoms with Crippen molar-refractivity contribution in [2.24, 2.45) is 34.5 Å². The van der Waals surface area contributed by atoms with Crippen LogP contribution in [0.4, 0.5) is 0 Å². The Bertz CT molecular complexity index is 459. The molecule has 3 rings (SSSR count). The summed E-state index contributed by atoms with van der Waals surface area (Å²) in [6.45, 7) is 11.6. The first-order valence-corrected chi connectivity index (χ1v) is 9.75. The zero-order valence-electron chi connectivity index (χ0n) is 15.4. The fraction of sp³-hybridized carbons (Fsp3) is 0.905. The van der Waals surface area contributed by atoms with E-state index in [-0.39, 0.29) is 24.0 Å². The molecule has 7 atom stereocenters. The van der Waals surface area contributed by atoms with E-state index in [0.29, 0.717) is 17.3 Å². The van der Waals surface area contributed by atoms with Crippen LogP contribution in [-0.2, 0) is 0 Å². The number of rotatable bonds is 3. The molecule has 0 aliphatic heterocycles. The third-order valence-electron chi connectivity index (χ3n) is 8.39. The number of aliphatic hydroxyl groups is 2. The molecular formula is C21H36O2. The average Bonchev–Trinajstić information content (AvgIpc) is 2.86. The molecule has 2 N–H and O–H groups in total. The molecule has 0 spiro atoms. The molecule has 2 heteroatoms. The van der Waals surface area contributed by atoms with E-state index in [9.17, 15) is 10.2 Å². The Morgan fingerprint density at radius 2 is 1.65 bits per heavy atom. The van der Waals surface area contributed by atoms with Gasteiger partial charge in [0, 0.05) is 6.61 Å². The van der Waals surface area contributed by atoms with Gasteiger partial charge in [-0.2, -0.15) is 0 Å². The summed E-state index contributed by atoms with van der Waals surface area (Å²) in [6.07, 6.45) is 9.19. The Labute approximate surface area is 142 Å². The van der Waals surface area contributed by atoms with E-state index in [1.54, 1.807) is 0 Å². The van der Waals surface area contributed by atoms with E-state index < -0.39 is 0 Å². The number of hydrogen-bond acceptors (Lipinski definition) is 2. The Hall–Kier alpha value is -0.340. The first kappa shape index (κ1) is 17.5. The van der Waals surface area contributed by atoms with Crippen LogP contribution in [0.1, 0.15) is 72.1 Å². The first-order valence-electron chi connectivity index (χ1n) is 9.75. The van der Waals surface area contributed by atoms with E-state index in [4.69, 9.17) is 0 Å². The summed E-state index contributed by atoms with van der Waals surface area (Å²) in [6, 6.07) is 0. The third-order valence-corrected chi connectivity index (χ3v) is 8.39. The van der Waals surface area contributed by atoms with Gasteiger partial charge in [0.1, 0.15) is 0 Å². The maximum atomic E-state index is 10.0. The summed E-state index contributed by atoms with van der Waals surface area (Å²) in [5, 5.41) is 19.9. The Balaban J connectivity index is 1.76. The molecule has 3 fully saturated rings. The molecular weight excluding hydrogens is 284 g/mol. The highest BCUT2D eigenvalue weighted by Crippen LogP contribution is 2.62. The molecule has 2 nitrogen and oxygen atoms in total. The Kier molecular flexibility index (Phi) is 4.70. The molecule has 0 saturated heterocycles. The van der Waals surface area contributed by atoms with Crippen molar-refractivity contribution in [1.82, 2.24) is 0 Å². The van der Waals surface area contributed by atoms with Crippen LogP contribution in [-0.4, -0.2) is 22.9 Å². The Morgan fingerprint density at radius 1 is 1.00 bits per heavy atom. The highest BCUT2D eigenvalue weighted by Gasteiger charge is 2.54. The molecule has 0 aromatic carbocycles. The maximum absolute atomic E-state index is 10.0. The van der Waals surface area contributed by atoms with E-state index in [0.717, 1.165) is 25.2 Å². The van der Waals surface area contributed by atoms with Crippen molar-refractivity contribution in [1.29, 1.82) is 0 Å². The van der Waals surface area contributed by atoms with Gasteiger partial charge in [-0.15, -0.1) is 0 Å². The summed E-state index contributed by atoms with van der Waals surface area (Å²) in [5.41, 5.74) is 2.06. The molecule has 0 aromatic rings. The maximum Gasteiger partial charge on any atom is 0.0544 e. The minimum atomic E-state index is -0.201. The summed E-state index contributed by atoms with van der Waals surface area (Å²) < 4.78 is 0. The van der Waals surface area contributed by atoms with Crippen LogP contribution in [0.3, 0.4) is 0 Å². The molecule has 0 aromatic heterocycles. The van der Waals surface area contributed by atoms with Gasteiger partial charge >= 0.3 is 0 Å². The van der Waals surface area contributed by atoms with Crippen LogP contribution >= 0.6 is 0 Å². The van der Waals surface area contributed by atoms with E-state index >= 15 is 0 Å². The van der Waals surface area contributed by atoms with Crippen molar-refractivity contribution < 1.29 is 10.2 Å². The molecule has 0 heterocycles. The van der Waals surface area contributed by atoms with Crippen LogP contribution < -0.4 is 0 Å². The third kappa shape index (κ3) is 2.80. The van der Waals surface area contributed by atoms with Crippen LogP contribution in [0.5, 0.6) is 0 Å². The summed E-state index contributed by atoms with van der Waals surface area (Å²) in [7, 11) is 0. The van der Waals surface area contributed by atoms with Gasteiger partial charge in [0.2, 0.25) is 0 Å². The molecule has 3 aliphatic rings. The second-order valence-corrected chi connectivity index (χ2v) is 9.46. The van der Waals surface area contributed by atoms with Crippen molar-refractivity contribution in [3.05, 3.63) is 12.2 Å². The zero-order chi connectivity index (χ0) is 16.8. The van der Waals surface area contributed by atoms with E-state index in [1.807, 2.05) is 0 Å². The van der Waals surface area contributed by atoms with E-state index in [2.05, 4.69) is 27.4 Å². The highest BCUT2D eigenvalue weighted by molar-refractivity contribution is 5.12. The lowest BCUT2D eigenvalue weighted by Gasteiger charge is -2.53. The van der Waals surface area contributed by atoms with Crippen molar-refractivity contribution in [3.63, 3.8) is 0 Å². The number of allylic oxidation sites excluding steroid dienone is 1. The van der Waals surface area contributed by atoms with Crippen molar-refractivity contribution in [2.75, 3.05) is 6.61 Å². The number of hydrogen-bond donors (Lipinski definition) is 2. The predicted molar refractivity (Wildman–Crippen MR) is 95.0 cm³/mol. The molecule has 0 bridgehead atoms. The minimum Gasteiger partial charge on any atom is -0.396 e. The van der Waals surface area contributed by atoms with Crippen molar-refractivity contribution in [2.45, 2.75) is 78.2 Å². The van der Waals surface area contributed by atoms with Crippen LogP contribution in [0.15, 0.2) is 12.2 Å². The lowest BCUT2D eigenvalue weighted by atomic mass is 9.52. The SMILES string of the molecule is C=C(C)[C@H]1CCC2CC([C@@]3(C)CC[C@H](O)C[C@@H]3CO)CC[C@@]21C. The van der Waals surface area contributed by atoms with Gasteiger partial charge in [0.05, 0.1) is 6.10 Å².